The number of piperidine rings is 1. The van der Waals surface area contributed by atoms with Crippen molar-refractivity contribution in [2.24, 2.45) is 0 Å². The van der Waals surface area contributed by atoms with Gasteiger partial charge in [-0.25, -0.2) is 9.97 Å². The van der Waals surface area contributed by atoms with Gasteiger partial charge >= 0.3 is 0 Å². The molecular formula is C24H26N4O3. The molecule has 1 fully saturated rings. The Labute approximate surface area is 180 Å². The summed E-state index contributed by atoms with van der Waals surface area (Å²) in [4.78, 5) is 11.7. The fraction of sp³-hybridized carbons (Fsp3) is 0.333. The van der Waals surface area contributed by atoms with Gasteiger partial charge in [-0.3, -0.25) is 4.57 Å². The molecule has 1 saturated heterocycles. The van der Waals surface area contributed by atoms with E-state index in [9.17, 15) is 5.11 Å². The molecule has 1 aliphatic heterocycles. The van der Waals surface area contributed by atoms with E-state index in [0.717, 1.165) is 59.4 Å². The lowest BCUT2D eigenvalue weighted by Crippen LogP contribution is -2.35. The number of imidazole rings is 1. The Morgan fingerprint density at radius 3 is 2.71 bits per heavy atom. The second kappa shape index (κ2) is 8.53. The van der Waals surface area contributed by atoms with Gasteiger partial charge in [-0.2, -0.15) is 0 Å². The van der Waals surface area contributed by atoms with Crippen LogP contribution in [0.4, 0.5) is 5.69 Å². The van der Waals surface area contributed by atoms with Gasteiger partial charge in [-0.1, -0.05) is 0 Å². The molecule has 160 valence electrons. The number of aliphatic hydroxyl groups is 1. The summed E-state index contributed by atoms with van der Waals surface area (Å²) in [5.74, 6) is 1.61. The van der Waals surface area contributed by atoms with Crippen LogP contribution in [0.15, 0.2) is 54.9 Å². The maximum atomic E-state index is 9.75. The number of methoxy groups -OCH3 is 1. The minimum atomic E-state index is -0.168. The number of nitrogens with zero attached hydrogens (tertiary/aromatic N) is 4. The fourth-order valence-electron chi connectivity index (χ4n) is 4.06. The van der Waals surface area contributed by atoms with Crippen LogP contribution in [0.5, 0.6) is 5.75 Å². The van der Waals surface area contributed by atoms with Gasteiger partial charge in [-0.05, 0) is 55.3 Å². The maximum Gasteiger partial charge on any atom is 0.139 e. The molecule has 1 aliphatic rings. The van der Waals surface area contributed by atoms with E-state index in [2.05, 4.69) is 34.1 Å². The van der Waals surface area contributed by atoms with Crippen LogP contribution >= 0.6 is 0 Å². The Kier molecular flexibility index (Phi) is 5.44. The highest BCUT2D eigenvalue weighted by atomic mass is 16.5. The number of aromatic nitrogens is 3. The predicted octanol–water partition coefficient (Wildman–Crippen LogP) is 3.56. The van der Waals surface area contributed by atoms with Crippen LogP contribution in [-0.4, -0.2) is 59.2 Å². The lowest BCUT2D eigenvalue weighted by molar-refractivity contribution is 0.145. The van der Waals surface area contributed by atoms with Crippen molar-refractivity contribution in [3.8, 4) is 11.6 Å². The zero-order chi connectivity index (χ0) is 21.2. The first kappa shape index (κ1) is 19.8. The molecule has 3 heterocycles. The van der Waals surface area contributed by atoms with Crippen LogP contribution < -0.4 is 9.64 Å². The first-order valence-corrected chi connectivity index (χ1v) is 10.6. The molecule has 1 N–H and O–H groups in total. The van der Waals surface area contributed by atoms with Crippen molar-refractivity contribution in [1.82, 2.24) is 14.5 Å². The van der Waals surface area contributed by atoms with E-state index in [0.29, 0.717) is 13.2 Å². The number of fused-ring (bicyclic) bond motifs is 2. The zero-order valence-corrected chi connectivity index (χ0v) is 17.6. The summed E-state index contributed by atoms with van der Waals surface area (Å²) in [5.41, 5.74) is 3.97. The predicted molar refractivity (Wildman–Crippen MR) is 121 cm³/mol. The Balaban J connectivity index is 1.41. The SMILES string of the molecule is COCCOc1ccc2c(c1)ncn2-c1ccc2cc(N3CCC(O)CC3)ccc2n1. The molecule has 0 saturated carbocycles. The molecule has 0 unspecified atom stereocenters. The van der Waals surface area contributed by atoms with Gasteiger partial charge in [0.15, 0.2) is 0 Å². The summed E-state index contributed by atoms with van der Waals surface area (Å²) in [6.07, 6.45) is 3.27. The average molecular weight is 418 g/mol. The number of ether oxygens (including phenoxy) is 2. The Bertz CT molecular complexity index is 1200. The van der Waals surface area contributed by atoms with Crippen LogP contribution in [0, 0.1) is 0 Å². The Morgan fingerprint density at radius 1 is 1.00 bits per heavy atom. The van der Waals surface area contributed by atoms with Crippen LogP contribution in [-0.2, 0) is 4.74 Å². The van der Waals surface area contributed by atoms with Crippen LogP contribution in [0.1, 0.15) is 12.8 Å². The third-order valence-electron chi connectivity index (χ3n) is 5.81. The molecule has 0 radical (unpaired) electrons. The number of pyridine rings is 1. The first-order valence-electron chi connectivity index (χ1n) is 10.6. The molecule has 2 aromatic heterocycles. The molecule has 2 aromatic carbocycles. The van der Waals surface area contributed by atoms with E-state index >= 15 is 0 Å². The summed E-state index contributed by atoms with van der Waals surface area (Å²) in [5, 5.41) is 10.9. The van der Waals surface area contributed by atoms with Gasteiger partial charge in [0.1, 0.15) is 24.5 Å². The van der Waals surface area contributed by atoms with Crippen LogP contribution in [0.2, 0.25) is 0 Å². The highest BCUT2D eigenvalue weighted by Crippen LogP contribution is 2.27. The molecule has 31 heavy (non-hydrogen) atoms. The maximum absolute atomic E-state index is 9.75. The number of aliphatic hydroxyl groups excluding tert-OH is 1. The zero-order valence-electron chi connectivity index (χ0n) is 17.6. The molecule has 0 aliphatic carbocycles. The van der Waals surface area contributed by atoms with E-state index in [-0.39, 0.29) is 6.10 Å². The van der Waals surface area contributed by atoms with Gasteiger partial charge in [-0.15, -0.1) is 0 Å². The van der Waals surface area contributed by atoms with Crippen molar-refractivity contribution >= 4 is 27.6 Å². The van der Waals surface area contributed by atoms with E-state index in [1.807, 2.05) is 28.8 Å². The van der Waals surface area contributed by atoms with Gasteiger partial charge in [0.25, 0.3) is 0 Å². The van der Waals surface area contributed by atoms with Gasteiger partial charge < -0.3 is 19.5 Å². The van der Waals surface area contributed by atoms with Gasteiger partial charge in [0, 0.05) is 37.3 Å². The van der Waals surface area contributed by atoms with Gasteiger partial charge in [0.05, 0.1) is 29.3 Å². The molecule has 0 bridgehead atoms. The molecule has 4 aromatic rings. The number of benzene rings is 2. The topological polar surface area (TPSA) is 72.6 Å². The van der Waals surface area contributed by atoms with Crippen molar-refractivity contribution in [2.45, 2.75) is 18.9 Å². The highest BCUT2D eigenvalue weighted by Gasteiger charge is 2.17. The Morgan fingerprint density at radius 2 is 1.87 bits per heavy atom. The minimum absolute atomic E-state index is 0.168. The van der Waals surface area contributed by atoms with Crippen molar-refractivity contribution in [1.29, 1.82) is 0 Å². The monoisotopic (exact) mass is 418 g/mol. The second-order valence-corrected chi connectivity index (χ2v) is 7.87. The molecule has 7 nitrogen and oxygen atoms in total. The standard InChI is InChI=1S/C24H26N4O3/c1-30-12-13-31-20-4-6-23-22(15-20)25-16-28(23)24-7-2-17-14-18(3-5-21(17)26-24)27-10-8-19(29)9-11-27/h2-7,14-16,19,29H,8-13H2,1H3. The summed E-state index contributed by atoms with van der Waals surface area (Å²) in [6.45, 7) is 2.83. The lowest BCUT2D eigenvalue weighted by Gasteiger charge is -2.31. The van der Waals surface area contributed by atoms with Crippen molar-refractivity contribution < 1.29 is 14.6 Å². The quantitative estimate of drug-likeness (QED) is 0.483. The number of rotatable bonds is 6. The van der Waals surface area contributed by atoms with E-state index in [4.69, 9.17) is 14.5 Å². The minimum Gasteiger partial charge on any atom is -0.491 e. The number of hydrogen-bond acceptors (Lipinski definition) is 6. The number of anilines is 1. The van der Waals surface area contributed by atoms with Crippen molar-refractivity contribution in [2.75, 3.05) is 38.3 Å². The van der Waals surface area contributed by atoms with Gasteiger partial charge in [0.2, 0.25) is 0 Å². The fourth-order valence-corrected chi connectivity index (χ4v) is 4.06. The summed E-state index contributed by atoms with van der Waals surface area (Å²) >= 11 is 0. The van der Waals surface area contributed by atoms with E-state index in [1.54, 1.807) is 13.4 Å². The normalized spacial score (nSPS) is 15.1. The van der Waals surface area contributed by atoms with Crippen LogP contribution in [0.3, 0.4) is 0 Å². The third-order valence-corrected chi connectivity index (χ3v) is 5.81. The summed E-state index contributed by atoms with van der Waals surface area (Å²) in [7, 11) is 1.66. The first-order chi connectivity index (χ1) is 15.2. The summed E-state index contributed by atoms with van der Waals surface area (Å²) < 4.78 is 12.7. The van der Waals surface area contributed by atoms with Crippen molar-refractivity contribution in [3.63, 3.8) is 0 Å². The Hall–Kier alpha value is -3.16. The van der Waals surface area contributed by atoms with Crippen LogP contribution in [0.25, 0.3) is 27.8 Å². The second-order valence-electron chi connectivity index (χ2n) is 7.87. The molecular weight excluding hydrogens is 392 g/mol. The molecule has 0 spiro atoms. The molecule has 5 rings (SSSR count). The molecule has 7 heteroatoms. The largest absolute Gasteiger partial charge is 0.491 e. The lowest BCUT2D eigenvalue weighted by atomic mass is 10.1. The van der Waals surface area contributed by atoms with Crippen molar-refractivity contribution in [3.05, 3.63) is 54.9 Å². The average Bonchev–Trinajstić information content (AvgIpc) is 3.22. The highest BCUT2D eigenvalue weighted by molar-refractivity contribution is 5.84. The summed E-state index contributed by atoms with van der Waals surface area (Å²) in [6, 6.07) is 16.4. The van der Waals surface area contributed by atoms with E-state index in [1.165, 1.54) is 5.69 Å². The molecule has 0 atom stereocenters. The van der Waals surface area contributed by atoms with E-state index < -0.39 is 0 Å². The number of hydrogen-bond donors (Lipinski definition) is 1. The molecule has 0 amide bonds. The third kappa shape index (κ3) is 4.06. The smallest absolute Gasteiger partial charge is 0.139 e.